The van der Waals surface area contributed by atoms with E-state index in [2.05, 4.69) is 4.98 Å². The molecule has 0 unspecified atom stereocenters. The van der Waals surface area contributed by atoms with Crippen molar-refractivity contribution in [3.05, 3.63) is 41.6 Å². The van der Waals surface area contributed by atoms with Crippen LogP contribution < -0.4 is 19.9 Å². The Morgan fingerprint density at radius 1 is 1.26 bits per heavy atom. The van der Waals surface area contributed by atoms with E-state index in [4.69, 9.17) is 19.9 Å². The summed E-state index contributed by atoms with van der Waals surface area (Å²) in [4.78, 5) is 4.16. The highest BCUT2D eigenvalue weighted by Crippen LogP contribution is 2.32. The van der Waals surface area contributed by atoms with Gasteiger partial charge in [-0.25, -0.2) is 4.98 Å². The van der Waals surface area contributed by atoms with Crippen LogP contribution in [0.15, 0.2) is 30.5 Å². The second-order valence-electron chi connectivity index (χ2n) is 4.37. The lowest BCUT2D eigenvalue weighted by atomic mass is 10.2. The number of pyridine rings is 1. The fourth-order valence-electron chi connectivity index (χ4n) is 1.92. The van der Waals surface area contributed by atoms with Gasteiger partial charge in [0.05, 0.1) is 11.9 Å². The molecule has 0 saturated carbocycles. The van der Waals surface area contributed by atoms with Crippen molar-refractivity contribution in [3.8, 4) is 17.4 Å². The number of hydrogen-bond donors (Lipinski definition) is 1. The van der Waals surface area contributed by atoms with Gasteiger partial charge in [-0.2, -0.15) is 0 Å². The highest BCUT2D eigenvalue weighted by Gasteiger charge is 2.13. The molecule has 3 rings (SSSR count). The van der Waals surface area contributed by atoms with Gasteiger partial charge in [0.2, 0.25) is 12.7 Å². The molecule has 98 valence electrons. The molecule has 0 saturated heterocycles. The number of anilines is 1. The summed E-state index contributed by atoms with van der Waals surface area (Å²) in [6.45, 7) is 2.62. The molecule has 0 spiro atoms. The third-order valence-corrected chi connectivity index (χ3v) is 2.86. The van der Waals surface area contributed by atoms with E-state index in [9.17, 15) is 0 Å². The van der Waals surface area contributed by atoms with E-state index in [1.165, 1.54) is 0 Å². The van der Waals surface area contributed by atoms with Crippen LogP contribution >= 0.6 is 0 Å². The predicted octanol–water partition coefficient (Wildman–Crippen LogP) is 2.28. The van der Waals surface area contributed by atoms with E-state index in [1.54, 1.807) is 6.20 Å². The van der Waals surface area contributed by atoms with Gasteiger partial charge < -0.3 is 19.9 Å². The van der Waals surface area contributed by atoms with Crippen LogP contribution in [-0.2, 0) is 6.61 Å². The van der Waals surface area contributed by atoms with Crippen molar-refractivity contribution in [1.29, 1.82) is 0 Å². The van der Waals surface area contributed by atoms with Gasteiger partial charge >= 0.3 is 0 Å². The van der Waals surface area contributed by atoms with Gasteiger partial charge in [0, 0.05) is 5.56 Å². The van der Waals surface area contributed by atoms with Crippen LogP contribution in [0, 0.1) is 6.92 Å². The summed E-state index contributed by atoms with van der Waals surface area (Å²) in [5, 5.41) is 0. The molecule has 2 N–H and O–H groups in total. The van der Waals surface area contributed by atoms with Crippen LogP contribution in [0.5, 0.6) is 17.4 Å². The number of nitrogens with two attached hydrogens (primary N) is 1. The summed E-state index contributed by atoms with van der Waals surface area (Å²) in [6.07, 6.45) is 1.59. The van der Waals surface area contributed by atoms with Crippen LogP contribution in [0.4, 0.5) is 5.69 Å². The van der Waals surface area contributed by atoms with Crippen molar-refractivity contribution < 1.29 is 14.2 Å². The van der Waals surface area contributed by atoms with Crippen molar-refractivity contribution >= 4 is 5.69 Å². The van der Waals surface area contributed by atoms with Crippen LogP contribution in [0.1, 0.15) is 11.1 Å². The number of hydrogen-bond acceptors (Lipinski definition) is 5. The molecule has 2 aromatic rings. The first-order chi connectivity index (χ1) is 9.22. The van der Waals surface area contributed by atoms with E-state index in [-0.39, 0.29) is 6.79 Å². The highest BCUT2D eigenvalue weighted by molar-refractivity contribution is 5.45. The molecule has 0 fully saturated rings. The van der Waals surface area contributed by atoms with Gasteiger partial charge in [-0.05, 0) is 30.7 Å². The van der Waals surface area contributed by atoms with Crippen LogP contribution in [0.25, 0.3) is 0 Å². The maximum absolute atomic E-state index is 5.67. The minimum atomic E-state index is 0.276. The molecular formula is C14H14N2O3. The topological polar surface area (TPSA) is 66.6 Å². The Morgan fingerprint density at radius 2 is 2.11 bits per heavy atom. The van der Waals surface area contributed by atoms with Crippen molar-refractivity contribution in [2.24, 2.45) is 0 Å². The Morgan fingerprint density at radius 3 is 2.95 bits per heavy atom. The first-order valence-electron chi connectivity index (χ1n) is 5.96. The average Bonchev–Trinajstić information content (AvgIpc) is 2.85. The lowest BCUT2D eigenvalue weighted by Gasteiger charge is -2.08. The Hall–Kier alpha value is -2.43. The van der Waals surface area contributed by atoms with Crippen LogP contribution in [0.3, 0.4) is 0 Å². The van der Waals surface area contributed by atoms with Gasteiger partial charge in [0.25, 0.3) is 0 Å². The summed E-state index contributed by atoms with van der Waals surface area (Å²) >= 11 is 0. The summed E-state index contributed by atoms with van der Waals surface area (Å²) in [5.74, 6) is 2.11. The van der Waals surface area contributed by atoms with Crippen LogP contribution in [0.2, 0.25) is 0 Å². The number of ether oxygens (including phenoxy) is 3. The third kappa shape index (κ3) is 2.40. The minimum absolute atomic E-state index is 0.276. The van der Waals surface area contributed by atoms with Crippen molar-refractivity contribution in [1.82, 2.24) is 4.98 Å². The van der Waals surface area contributed by atoms with E-state index >= 15 is 0 Å². The number of nitrogen functional groups attached to an aromatic ring is 1. The van der Waals surface area contributed by atoms with Crippen molar-refractivity contribution in [2.45, 2.75) is 13.5 Å². The zero-order valence-electron chi connectivity index (χ0n) is 10.6. The summed E-state index contributed by atoms with van der Waals surface area (Å²) in [5.41, 5.74) is 8.20. The van der Waals surface area contributed by atoms with E-state index in [1.807, 2.05) is 31.2 Å². The summed E-state index contributed by atoms with van der Waals surface area (Å²) < 4.78 is 16.3. The average molecular weight is 258 g/mol. The first kappa shape index (κ1) is 11.6. The normalized spacial score (nSPS) is 12.5. The van der Waals surface area contributed by atoms with E-state index < -0.39 is 0 Å². The third-order valence-electron chi connectivity index (χ3n) is 2.86. The SMILES string of the molecule is Cc1cc(N)cnc1OCc1ccc2c(c1)OCO2. The van der Waals surface area contributed by atoms with Gasteiger partial charge in [-0.3, -0.25) is 0 Å². The molecule has 1 aliphatic heterocycles. The van der Waals surface area contributed by atoms with Crippen molar-refractivity contribution in [2.75, 3.05) is 12.5 Å². The number of aromatic nitrogens is 1. The number of fused-ring (bicyclic) bond motifs is 1. The largest absolute Gasteiger partial charge is 0.473 e. The molecule has 0 radical (unpaired) electrons. The first-order valence-corrected chi connectivity index (χ1v) is 5.96. The molecular weight excluding hydrogens is 244 g/mol. The number of aryl methyl sites for hydroxylation is 1. The standard InChI is InChI=1S/C14H14N2O3/c1-9-4-11(15)6-16-14(9)17-7-10-2-3-12-13(5-10)19-8-18-12/h2-6H,7-8,15H2,1H3. The number of rotatable bonds is 3. The number of nitrogens with zero attached hydrogens (tertiary/aromatic N) is 1. The maximum Gasteiger partial charge on any atom is 0.231 e. The lowest BCUT2D eigenvalue weighted by molar-refractivity contribution is 0.174. The molecule has 5 heteroatoms. The Balaban J connectivity index is 1.72. The summed E-state index contributed by atoms with van der Waals surface area (Å²) in [7, 11) is 0. The van der Waals surface area contributed by atoms with E-state index in [0.29, 0.717) is 18.2 Å². The van der Waals surface area contributed by atoms with Crippen LogP contribution in [-0.4, -0.2) is 11.8 Å². The molecule has 0 aliphatic carbocycles. The monoisotopic (exact) mass is 258 g/mol. The highest BCUT2D eigenvalue weighted by atomic mass is 16.7. The molecule has 2 heterocycles. The molecule has 0 bridgehead atoms. The summed E-state index contributed by atoms with van der Waals surface area (Å²) in [6, 6.07) is 7.57. The molecule has 1 aliphatic rings. The van der Waals surface area contributed by atoms with Crippen molar-refractivity contribution in [3.63, 3.8) is 0 Å². The zero-order valence-corrected chi connectivity index (χ0v) is 10.6. The lowest BCUT2D eigenvalue weighted by Crippen LogP contribution is -2.00. The second-order valence-corrected chi connectivity index (χ2v) is 4.37. The fourth-order valence-corrected chi connectivity index (χ4v) is 1.92. The maximum atomic E-state index is 5.67. The Kier molecular flexibility index (Phi) is 2.87. The smallest absolute Gasteiger partial charge is 0.231 e. The van der Waals surface area contributed by atoms with Gasteiger partial charge in [-0.15, -0.1) is 0 Å². The predicted molar refractivity (Wildman–Crippen MR) is 70.3 cm³/mol. The Bertz CT molecular complexity index is 614. The van der Waals surface area contributed by atoms with Gasteiger partial charge in [-0.1, -0.05) is 6.07 Å². The molecule has 19 heavy (non-hydrogen) atoms. The molecule has 1 aromatic heterocycles. The van der Waals surface area contributed by atoms with Gasteiger partial charge in [0.15, 0.2) is 11.5 Å². The Labute approximate surface area is 110 Å². The van der Waals surface area contributed by atoms with Gasteiger partial charge in [0.1, 0.15) is 6.61 Å². The van der Waals surface area contributed by atoms with E-state index in [0.717, 1.165) is 22.6 Å². The second kappa shape index (κ2) is 4.68. The molecule has 0 amide bonds. The number of benzene rings is 1. The quantitative estimate of drug-likeness (QED) is 0.914. The zero-order chi connectivity index (χ0) is 13.2. The molecule has 1 aromatic carbocycles. The molecule has 0 atom stereocenters. The fraction of sp³-hybridized carbons (Fsp3) is 0.214. The minimum Gasteiger partial charge on any atom is -0.473 e. The molecule has 5 nitrogen and oxygen atoms in total.